The largest absolute Gasteiger partial charge is 0.486 e. The Kier molecular flexibility index (Phi) is 3.98. The molecule has 1 N–H and O–H groups in total. The molecule has 2 rings (SSSR count). The van der Waals surface area contributed by atoms with Gasteiger partial charge in [-0.2, -0.15) is 0 Å². The van der Waals surface area contributed by atoms with Gasteiger partial charge in [-0.05, 0) is 44.0 Å². The Bertz CT molecular complexity index is 633. The van der Waals surface area contributed by atoms with E-state index in [1.807, 2.05) is 26.0 Å². The molecule has 2 aromatic rings. The fourth-order valence-corrected chi connectivity index (χ4v) is 1.96. The Morgan fingerprint density at radius 2 is 1.85 bits per heavy atom. The summed E-state index contributed by atoms with van der Waals surface area (Å²) in [5.41, 5.74) is 2.79. The van der Waals surface area contributed by atoms with Crippen LogP contribution in [-0.2, 0) is 6.61 Å². The van der Waals surface area contributed by atoms with Crippen LogP contribution in [-0.4, -0.2) is 21.0 Å². The molecule has 1 heterocycles. The van der Waals surface area contributed by atoms with Gasteiger partial charge >= 0.3 is 5.97 Å². The molecule has 0 fully saturated rings. The molecule has 0 aliphatic carbocycles. The topological polar surface area (TPSA) is 72.3 Å². The van der Waals surface area contributed by atoms with Crippen LogP contribution in [0, 0.1) is 20.8 Å². The average molecular weight is 272 g/mol. The van der Waals surface area contributed by atoms with Gasteiger partial charge in [0, 0.05) is 6.20 Å². The van der Waals surface area contributed by atoms with Crippen molar-refractivity contribution >= 4 is 5.97 Å². The summed E-state index contributed by atoms with van der Waals surface area (Å²) < 4.78 is 5.64. The highest BCUT2D eigenvalue weighted by Gasteiger charge is 2.10. The number of nitrogens with zero attached hydrogens (tertiary/aromatic N) is 2. The third-order valence-electron chi connectivity index (χ3n) is 2.82. The summed E-state index contributed by atoms with van der Waals surface area (Å²) in [6, 6.07) is 5.94. The number of carboxylic acid groups (broad SMARTS) is 1. The summed E-state index contributed by atoms with van der Waals surface area (Å²) in [6.07, 6.45) is 1.31. The molecule has 0 bridgehead atoms. The highest BCUT2D eigenvalue weighted by molar-refractivity contribution is 5.88. The molecule has 0 saturated carbocycles. The van der Waals surface area contributed by atoms with E-state index in [2.05, 4.69) is 16.0 Å². The van der Waals surface area contributed by atoms with E-state index in [0.717, 1.165) is 16.9 Å². The van der Waals surface area contributed by atoms with Gasteiger partial charge in [0.05, 0.1) is 11.3 Å². The molecule has 0 spiro atoms. The highest BCUT2D eigenvalue weighted by atomic mass is 16.5. The van der Waals surface area contributed by atoms with Crippen LogP contribution < -0.4 is 4.74 Å². The zero-order chi connectivity index (χ0) is 14.7. The maximum atomic E-state index is 10.9. The molecule has 0 unspecified atom stereocenters. The van der Waals surface area contributed by atoms with Crippen LogP contribution >= 0.6 is 0 Å². The molecule has 0 aliphatic heterocycles. The Morgan fingerprint density at radius 1 is 1.20 bits per heavy atom. The second kappa shape index (κ2) is 5.69. The SMILES string of the molecule is Cc1cc(C)cc(OCc2ncc(C(=O)O)c(C)n2)c1. The van der Waals surface area contributed by atoms with Crippen LogP contribution in [0.2, 0.25) is 0 Å². The number of aromatic carboxylic acids is 1. The van der Waals surface area contributed by atoms with Crippen molar-refractivity contribution in [2.45, 2.75) is 27.4 Å². The Hall–Kier alpha value is -2.43. The second-order valence-corrected chi connectivity index (χ2v) is 4.70. The lowest BCUT2D eigenvalue weighted by Crippen LogP contribution is -2.08. The number of aryl methyl sites for hydroxylation is 3. The molecular weight excluding hydrogens is 256 g/mol. The van der Waals surface area contributed by atoms with Gasteiger partial charge in [-0.25, -0.2) is 14.8 Å². The highest BCUT2D eigenvalue weighted by Crippen LogP contribution is 2.17. The van der Waals surface area contributed by atoms with Crippen LogP contribution in [0.15, 0.2) is 24.4 Å². The van der Waals surface area contributed by atoms with Gasteiger partial charge < -0.3 is 9.84 Å². The minimum absolute atomic E-state index is 0.111. The lowest BCUT2D eigenvalue weighted by atomic mass is 10.1. The predicted molar refractivity (Wildman–Crippen MR) is 74.0 cm³/mol. The van der Waals surface area contributed by atoms with Gasteiger partial charge in [-0.3, -0.25) is 0 Å². The molecule has 5 nitrogen and oxygen atoms in total. The van der Waals surface area contributed by atoms with Crippen LogP contribution in [0.5, 0.6) is 5.75 Å². The minimum atomic E-state index is -1.02. The minimum Gasteiger partial charge on any atom is -0.486 e. The molecule has 20 heavy (non-hydrogen) atoms. The van der Waals surface area contributed by atoms with E-state index in [9.17, 15) is 4.79 Å². The Morgan fingerprint density at radius 3 is 2.40 bits per heavy atom. The van der Waals surface area contributed by atoms with E-state index in [1.54, 1.807) is 6.92 Å². The van der Waals surface area contributed by atoms with E-state index in [0.29, 0.717) is 11.5 Å². The van der Waals surface area contributed by atoms with Gasteiger partial charge in [-0.1, -0.05) is 6.07 Å². The molecule has 0 saturated heterocycles. The summed E-state index contributed by atoms with van der Waals surface area (Å²) in [6.45, 7) is 5.86. The van der Waals surface area contributed by atoms with Crippen molar-refractivity contribution < 1.29 is 14.6 Å². The molecule has 0 amide bonds. The average Bonchev–Trinajstić information content (AvgIpc) is 2.35. The second-order valence-electron chi connectivity index (χ2n) is 4.70. The van der Waals surface area contributed by atoms with Crippen molar-refractivity contribution in [1.82, 2.24) is 9.97 Å². The van der Waals surface area contributed by atoms with Crippen molar-refractivity contribution in [2.75, 3.05) is 0 Å². The van der Waals surface area contributed by atoms with Gasteiger partial charge in [0.2, 0.25) is 0 Å². The third kappa shape index (κ3) is 3.32. The van der Waals surface area contributed by atoms with E-state index in [1.165, 1.54) is 6.20 Å². The van der Waals surface area contributed by atoms with Crippen LogP contribution in [0.3, 0.4) is 0 Å². The number of hydrogen-bond acceptors (Lipinski definition) is 4. The first kappa shape index (κ1) is 14.0. The van der Waals surface area contributed by atoms with Crippen molar-refractivity contribution in [3.63, 3.8) is 0 Å². The number of ether oxygens (including phenoxy) is 1. The zero-order valence-electron chi connectivity index (χ0n) is 11.7. The van der Waals surface area contributed by atoms with Crippen molar-refractivity contribution in [1.29, 1.82) is 0 Å². The first-order valence-electron chi connectivity index (χ1n) is 6.22. The molecule has 1 aromatic heterocycles. The molecule has 104 valence electrons. The summed E-state index contributed by atoms with van der Waals surface area (Å²) in [5.74, 6) is 0.196. The van der Waals surface area contributed by atoms with E-state index in [4.69, 9.17) is 9.84 Å². The first-order chi connectivity index (χ1) is 9.45. The quantitative estimate of drug-likeness (QED) is 0.926. The Balaban J connectivity index is 2.11. The lowest BCUT2D eigenvalue weighted by molar-refractivity contribution is 0.0695. The van der Waals surface area contributed by atoms with Crippen molar-refractivity contribution in [3.8, 4) is 5.75 Å². The summed E-state index contributed by atoms with van der Waals surface area (Å²) in [7, 11) is 0. The maximum absolute atomic E-state index is 10.9. The number of benzene rings is 1. The lowest BCUT2D eigenvalue weighted by Gasteiger charge is -2.08. The van der Waals surface area contributed by atoms with Gasteiger partial charge in [-0.15, -0.1) is 0 Å². The maximum Gasteiger partial charge on any atom is 0.339 e. The van der Waals surface area contributed by atoms with Crippen molar-refractivity contribution in [3.05, 3.63) is 52.6 Å². The van der Waals surface area contributed by atoms with Gasteiger partial charge in [0.15, 0.2) is 5.82 Å². The summed E-state index contributed by atoms with van der Waals surface area (Å²) in [5, 5.41) is 8.91. The smallest absolute Gasteiger partial charge is 0.339 e. The molecule has 1 aromatic carbocycles. The standard InChI is InChI=1S/C15H16N2O3/c1-9-4-10(2)6-12(5-9)20-8-14-16-7-13(15(18)19)11(3)17-14/h4-7H,8H2,1-3H3,(H,18,19). The molecule has 0 radical (unpaired) electrons. The Labute approximate surface area is 117 Å². The fraction of sp³-hybridized carbons (Fsp3) is 0.267. The van der Waals surface area contributed by atoms with Crippen LogP contribution in [0.25, 0.3) is 0 Å². The van der Waals surface area contributed by atoms with Crippen LogP contribution in [0.4, 0.5) is 0 Å². The molecule has 5 heteroatoms. The van der Waals surface area contributed by atoms with E-state index >= 15 is 0 Å². The normalized spacial score (nSPS) is 10.3. The number of rotatable bonds is 4. The molecular formula is C15H16N2O3. The van der Waals surface area contributed by atoms with E-state index in [-0.39, 0.29) is 12.2 Å². The number of hydrogen-bond donors (Lipinski definition) is 1. The monoisotopic (exact) mass is 272 g/mol. The number of aromatic nitrogens is 2. The summed E-state index contributed by atoms with van der Waals surface area (Å²) in [4.78, 5) is 19.0. The number of carbonyl (C=O) groups is 1. The molecule has 0 atom stereocenters. The fourth-order valence-electron chi connectivity index (χ4n) is 1.96. The summed E-state index contributed by atoms with van der Waals surface area (Å²) >= 11 is 0. The first-order valence-corrected chi connectivity index (χ1v) is 6.22. The molecule has 0 aliphatic rings. The van der Waals surface area contributed by atoms with Crippen LogP contribution in [0.1, 0.15) is 33.0 Å². The van der Waals surface area contributed by atoms with Gasteiger partial charge in [0.25, 0.3) is 0 Å². The predicted octanol–water partition coefficient (Wildman–Crippen LogP) is 2.68. The number of carboxylic acids is 1. The van der Waals surface area contributed by atoms with E-state index < -0.39 is 5.97 Å². The van der Waals surface area contributed by atoms with Gasteiger partial charge in [0.1, 0.15) is 12.4 Å². The zero-order valence-corrected chi connectivity index (χ0v) is 11.7. The van der Waals surface area contributed by atoms with Crippen molar-refractivity contribution in [2.24, 2.45) is 0 Å². The third-order valence-corrected chi connectivity index (χ3v) is 2.82.